The molecule has 2 atom stereocenters. The fraction of sp³-hybridized carbons (Fsp3) is 0.529. The molecule has 1 aromatic rings. The van der Waals surface area contributed by atoms with E-state index in [-0.39, 0.29) is 32.2 Å². The average molecular weight is 405 g/mol. The zero-order chi connectivity index (χ0) is 19.5. The van der Waals surface area contributed by atoms with E-state index in [9.17, 15) is 19.8 Å². The summed E-state index contributed by atoms with van der Waals surface area (Å²) in [4.78, 5) is 24.6. The number of carboxylic acid groups (broad SMARTS) is 1. The van der Waals surface area contributed by atoms with Crippen molar-refractivity contribution in [3.63, 3.8) is 0 Å². The predicted molar refractivity (Wildman–Crippen MR) is 97.8 cm³/mol. The van der Waals surface area contributed by atoms with E-state index in [1.807, 2.05) is 0 Å². The molecule has 0 bridgehead atoms. The topological polar surface area (TPSA) is 99.1 Å². The number of hydrogen-bond acceptors (Lipinski definition) is 4. The number of hydrogen-bond donors (Lipinski definition) is 3. The van der Waals surface area contributed by atoms with Gasteiger partial charge in [-0.05, 0) is 31.5 Å². The molecule has 7 nitrogen and oxygen atoms in total. The molecule has 0 radical (unpaired) electrons. The highest BCUT2D eigenvalue weighted by Gasteiger charge is 2.33. The van der Waals surface area contributed by atoms with Crippen molar-refractivity contribution in [2.75, 3.05) is 26.2 Å². The maximum Gasteiger partial charge on any atom is 0.407 e. The van der Waals surface area contributed by atoms with Crippen molar-refractivity contribution >= 4 is 35.2 Å². The number of carbonyl (C=O) groups excluding carboxylic acids is 1. The Bertz CT molecular complexity index is 678. The van der Waals surface area contributed by atoms with Gasteiger partial charge in [-0.25, -0.2) is 4.79 Å². The zero-order valence-corrected chi connectivity index (χ0v) is 16.0. The second kappa shape index (κ2) is 8.43. The number of ether oxygens (including phenoxy) is 1. The summed E-state index contributed by atoms with van der Waals surface area (Å²) in [5.41, 5.74) is -0.758. The van der Waals surface area contributed by atoms with E-state index in [1.165, 1.54) is 18.7 Å². The smallest absolute Gasteiger partial charge is 0.407 e. The molecule has 9 heteroatoms. The van der Waals surface area contributed by atoms with Gasteiger partial charge in [0.2, 0.25) is 0 Å². The van der Waals surface area contributed by atoms with Gasteiger partial charge in [0.25, 0.3) is 5.91 Å². The largest absolute Gasteiger partial charge is 0.465 e. The lowest BCUT2D eigenvalue weighted by atomic mass is 9.92. The highest BCUT2D eigenvalue weighted by Crippen LogP contribution is 2.31. The van der Waals surface area contributed by atoms with Gasteiger partial charge in [-0.15, -0.1) is 0 Å². The summed E-state index contributed by atoms with van der Waals surface area (Å²) in [5.74, 6) is -0.890. The van der Waals surface area contributed by atoms with Gasteiger partial charge in [-0.3, -0.25) is 4.79 Å². The molecule has 2 unspecified atom stereocenters. The van der Waals surface area contributed by atoms with Crippen LogP contribution in [-0.4, -0.2) is 65.1 Å². The third kappa shape index (κ3) is 5.23. The first-order chi connectivity index (χ1) is 12.1. The van der Waals surface area contributed by atoms with E-state index in [2.05, 4.69) is 5.32 Å². The van der Waals surface area contributed by atoms with Crippen LogP contribution in [0.5, 0.6) is 0 Å². The third-order valence-electron chi connectivity index (χ3n) is 4.22. The van der Waals surface area contributed by atoms with Crippen molar-refractivity contribution in [1.29, 1.82) is 0 Å². The Balaban J connectivity index is 2.25. The van der Waals surface area contributed by atoms with E-state index in [4.69, 9.17) is 27.9 Å². The van der Waals surface area contributed by atoms with Crippen molar-refractivity contribution in [3.8, 4) is 0 Å². The van der Waals surface area contributed by atoms with Gasteiger partial charge in [-0.1, -0.05) is 29.3 Å². The van der Waals surface area contributed by atoms with Crippen molar-refractivity contribution in [2.24, 2.45) is 0 Å². The maximum atomic E-state index is 11.9. The van der Waals surface area contributed by atoms with Crippen LogP contribution in [0, 0.1) is 0 Å². The minimum atomic E-state index is -1.52. The quantitative estimate of drug-likeness (QED) is 0.714. The fourth-order valence-electron chi connectivity index (χ4n) is 2.72. The van der Waals surface area contributed by atoms with Crippen molar-refractivity contribution in [3.05, 3.63) is 33.8 Å². The summed E-state index contributed by atoms with van der Waals surface area (Å²) >= 11 is 12.1. The lowest BCUT2D eigenvalue weighted by molar-refractivity contribution is -0.137. The molecule has 1 aliphatic rings. The molecule has 144 valence electrons. The summed E-state index contributed by atoms with van der Waals surface area (Å²) in [6.07, 6.45) is -1.53. The Hall–Kier alpha value is -1.54. The molecular formula is C17H22Cl2N2O5. The number of nitrogens with one attached hydrogen (secondary N) is 1. The maximum absolute atomic E-state index is 11.9. The molecule has 1 fully saturated rings. The second-order valence-corrected chi connectivity index (χ2v) is 7.50. The van der Waals surface area contributed by atoms with E-state index < -0.39 is 23.7 Å². The van der Waals surface area contributed by atoms with Crippen LogP contribution in [-0.2, 0) is 9.53 Å². The van der Waals surface area contributed by atoms with Crippen LogP contribution < -0.4 is 5.32 Å². The van der Waals surface area contributed by atoms with Crippen molar-refractivity contribution in [2.45, 2.75) is 31.5 Å². The number of amides is 2. The van der Waals surface area contributed by atoms with Gasteiger partial charge in [0.05, 0.1) is 22.8 Å². The number of carbonyl (C=O) groups is 2. The summed E-state index contributed by atoms with van der Waals surface area (Å²) in [7, 11) is 0. The standard InChI is InChI=1S/C17H22Cl2N2O5/c1-17(2,25)15(22)20-8-14-11(9-21(16(23)24)5-6-26-14)10-3-4-12(18)13(19)7-10/h3-4,7,11,14,25H,5-6,8-9H2,1-2H3,(H,20,22)(H,23,24). The molecule has 1 saturated heterocycles. The minimum absolute atomic E-state index is 0.126. The van der Waals surface area contributed by atoms with Gasteiger partial charge < -0.3 is 25.2 Å². The Morgan fingerprint density at radius 3 is 2.62 bits per heavy atom. The monoisotopic (exact) mass is 404 g/mol. The molecule has 1 aromatic carbocycles. The Morgan fingerprint density at radius 2 is 2.04 bits per heavy atom. The molecule has 3 N–H and O–H groups in total. The van der Waals surface area contributed by atoms with Crippen LogP contribution in [0.1, 0.15) is 25.3 Å². The van der Waals surface area contributed by atoms with Crippen LogP contribution in [0.15, 0.2) is 18.2 Å². The molecule has 2 amide bonds. The van der Waals surface area contributed by atoms with Crippen LogP contribution in [0.3, 0.4) is 0 Å². The van der Waals surface area contributed by atoms with Crippen molar-refractivity contribution < 1.29 is 24.5 Å². The second-order valence-electron chi connectivity index (χ2n) is 6.69. The van der Waals surface area contributed by atoms with Gasteiger partial charge >= 0.3 is 6.09 Å². The normalized spacial score (nSPS) is 21.2. The Labute approximate surface area is 161 Å². The molecule has 0 aliphatic carbocycles. The number of nitrogens with zero attached hydrogens (tertiary/aromatic N) is 1. The lowest BCUT2D eigenvalue weighted by Crippen LogP contribution is -2.46. The van der Waals surface area contributed by atoms with Crippen molar-refractivity contribution in [1.82, 2.24) is 10.2 Å². The lowest BCUT2D eigenvalue weighted by Gasteiger charge is -2.28. The van der Waals surface area contributed by atoms with Crippen LogP contribution in [0.4, 0.5) is 4.79 Å². The molecule has 0 spiro atoms. The minimum Gasteiger partial charge on any atom is -0.465 e. The number of benzene rings is 1. The third-order valence-corrected chi connectivity index (χ3v) is 4.96. The highest BCUT2D eigenvalue weighted by molar-refractivity contribution is 6.42. The van der Waals surface area contributed by atoms with Gasteiger partial charge in [0.1, 0.15) is 5.60 Å². The Kier molecular flexibility index (Phi) is 6.74. The molecular weight excluding hydrogens is 383 g/mol. The van der Waals surface area contributed by atoms with E-state index >= 15 is 0 Å². The van der Waals surface area contributed by atoms with Crippen LogP contribution >= 0.6 is 23.2 Å². The molecule has 26 heavy (non-hydrogen) atoms. The van der Waals surface area contributed by atoms with E-state index in [1.54, 1.807) is 18.2 Å². The first-order valence-corrected chi connectivity index (χ1v) is 8.90. The van der Waals surface area contributed by atoms with E-state index in [0.717, 1.165) is 5.56 Å². The number of rotatable bonds is 4. The predicted octanol–water partition coefficient (Wildman–Crippen LogP) is 2.34. The van der Waals surface area contributed by atoms with Gasteiger partial charge in [0.15, 0.2) is 0 Å². The summed E-state index contributed by atoms with van der Waals surface area (Å²) in [6.45, 7) is 3.52. The summed E-state index contributed by atoms with van der Waals surface area (Å²) in [6, 6.07) is 5.08. The average Bonchev–Trinajstić information content (AvgIpc) is 2.77. The van der Waals surface area contributed by atoms with Crippen LogP contribution in [0.2, 0.25) is 10.0 Å². The first kappa shape index (κ1) is 20.8. The summed E-state index contributed by atoms with van der Waals surface area (Å²) in [5, 5.41) is 22.5. The zero-order valence-electron chi connectivity index (χ0n) is 14.5. The van der Waals surface area contributed by atoms with Gasteiger partial charge in [-0.2, -0.15) is 0 Å². The molecule has 2 rings (SSSR count). The molecule has 0 saturated carbocycles. The van der Waals surface area contributed by atoms with Crippen LogP contribution in [0.25, 0.3) is 0 Å². The first-order valence-electron chi connectivity index (χ1n) is 8.14. The molecule has 1 aliphatic heterocycles. The number of halogens is 2. The molecule has 1 heterocycles. The van der Waals surface area contributed by atoms with Gasteiger partial charge in [0, 0.05) is 25.6 Å². The SMILES string of the molecule is CC(C)(O)C(=O)NCC1OCCN(C(=O)O)CC1c1ccc(Cl)c(Cl)c1. The summed E-state index contributed by atoms with van der Waals surface area (Å²) < 4.78 is 5.81. The molecule has 0 aromatic heterocycles. The highest BCUT2D eigenvalue weighted by atomic mass is 35.5. The van der Waals surface area contributed by atoms with E-state index in [0.29, 0.717) is 10.0 Å². The number of aliphatic hydroxyl groups is 1. The fourth-order valence-corrected chi connectivity index (χ4v) is 3.03. The Morgan fingerprint density at radius 1 is 1.35 bits per heavy atom.